The normalized spacial score (nSPS) is 15.0. The van der Waals surface area contributed by atoms with Crippen molar-refractivity contribution in [3.63, 3.8) is 0 Å². The lowest BCUT2D eigenvalue weighted by atomic mass is 9.96. The van der Waals surface area contributed by atoms with E-state index in [0.29, 0.717) is 37.5 Å². The van der Waals surface area contributed by atoms with Gasteiger partial charge in [-0.1, -0.05) is 29.8 Å². The maximum atomic E-state index is 12.3. The van der Waals surface area contributed by atoms with Crippen LogP contribution in [0.15, 0.2) is 41.8 Å². The predicted octanol–water partition coefficient (Wildman–Crippen LogP) is 3.96. The number of hydrogen-bond acceptors (Lipinski definition) is 3. The van der Waals surface area contributed by atoms with Crippen molar-refractivity contribution in [2.75, 3.05) is 18.4 Å². The number of benzene rings is 1. The molecule has 7 heteroatoms. The zero-order chi connectivity index (χ0) is 17.6. The molecular weight excluding hydrogens is 358 g/mol. The summed E-state index contributed by atoms with van der Waals surface area (Å²) in [5.41, 5.74) is 0.908. The van der Waals surface area contributed by atoms with Crippen LogP contribution in [0.1, 0.15) is 18.4 Å². The molecule has 0 bridgehead atoms. The Labute approximate surface area is 156 Å². The van der Waals surface area contributed by atoms with Crippen LogP contribution in [0.2, 0.25) is 5.02 Å². The van der Waals surface area contributed by atoms with Gasteiger partial charge in [-0.05, 0) is 42.0 Å². The van der Waals surface area contributed by atoms with Gasteiger partial charge in [0.15, 0.2) is 0 Å². The maximum absolute atomic E-state index is 12.3. The summed E-state index contributed by atoms with van der Waals surface area (Å²) in [5.74, 6) is -0.0356. The Balaban J connectivity index is 1.44. The van der Waals surface area contributed by atoms with Gasteiger partial charge in [-0.2, -0.15) is 0 Å². The molecule has 2 heterocycles. The molecule has 25 heavy (non-hydrogen) atoms. The number of hydrogen-bond donors (Lipinski definition) is 2. The summed E-state index contributed by atoms with van der Waals surface area (Å²) in [6.07, 6.45) is 1.35. The molecule has 1 aliphatic rings. The lowest BCUT2D eigenvalue weighted by molar-refractivity contribution is -0.126. The van der Waals surface area contributed by atoms with Gasteiger partial charge in [0, 0.05) is 30.6 Å². The van der Waals surface area contributed by atoms with Crippen LogP contribution >= 0.6 is 22.9 Å². The molecular formula is C18H20ClN3O2S. The summed E-state index contributed by atoms with van der Waals surface area (Å²) in [4.78, 5) is 26.3. The highest BCUT2D eigenvalue weighted by Crippen LogP contribution is 2.21. The standard InChI is InChI=1S/C18H20ClN3O2S/c19-15-5-2-1-4-14(15)12-20-17(23)13-7-9-22(10-8-13)18(24)21-16-6-3-11-25-16/h1-6,11,13H,7-10,12H2,(H,20,23)(H,21,24). The minimum atomic E-state index is -0.0997. The third-order valence-corrected chi connectivity index (χ3v) is 5.47. The fourth-order valence-corrected chi connectivity index (χ4v) is 3.66. The highest BCUT2D eigenvalue weighted by atomic mass is 35.5. The van der Waals surface area contributed by atoms with E-state index in [2.05, 4.69) is 10.6 Å². The first-order chi connectivity index (χ1) is 12.1. The van der Waals surface area contributed by atoms with Gasteiger partial charge in [0.25, 0.3) is 0 Å². The van der Waals surface area contributed by atoms with Crippen LogP contribution < -0.4 is 10.6 Å². The van der Waals surface area contributed by atoms with E-state index in [1.54, 1.807) is 4.90 Å². The highest BCUT2D eigenvalue weighted by Gasteiger charge is 2.27. The minimum Gasteiger partial charge on any atom is -0.352 e. The van der Waals surface area contributed by atoms with E-state index in [-0.39, 0.29) is 17.9 Å². The fourth-order valence-electron chi connectivity index (χ4n) is 2.85. The van der Waals surface area contributed by atoms with Crippen LogP contribution in [0.5, 0.6) is 0 Å². The molecule has 1 aromatic heterocycles. The Hall–Kier alpha value is -2.05. The number of thiophene rings is 1. The minimum absolute atomic E-state index is 0.0261. The molecule has 2 N–H and O–H groups in total. The van der Waals surface area contributed by atoms with E-state index in [1.165, 1.54) is 11.3 Å². The zero-order valence-electron chi connectivity index (χ0n) is 13.7. The SMILES string of the molecule is O=C(NCc1ccccc1Cl)C1CCN(C(=O)Nc2cccs2)CC1. The Morgan fingerprint density at radius 2 is 1.92 bits per heavy atom. The molecule has 3 amide bonds. The molecule has 0 aliphatic carbocycles. The quantitative estimate of drug-likeness (QED) is 0.847. The molecule has 1 aromatic carbocycles. The summed E-state index contributed by atoms with van der Waals surface area (Å²) in [7, 11) is 0. The van der Waals surface area contributed by atoms with E-state index >= 15 is 0 Å². The molecule has 0 unspecified atom stereocenters. The monoisotopic (exact) mass is 377 g/mol. The second-order valence-corrected chi connectivity index (χ2v) is 7.33. The molecule has 1 fully saturated rings. The lowest BCUT2D eigenvalue weighted by Crippen LogP contribution is -2.44. The average molecular weight is 378 g/mol. The van der Waals surface area contributed by atoms with Gasteiger partial charge < -0.3 is 10.2 Å². The summed E-state index contributed by atoms with van der Waals surface area (Å²) in [6.45, 7) is 1.60. The second-order valence-electron chi connectivity index (χ2n) is 5.98. The van der Waals surface area contributed by atoms with Crippen LogP contribution in [0.25, 0.3) is 0 Å². The molecule has 1 saturated heterocycles. The Bertz CT molecular complexity index is 728. The molecule has 0 radical (unpaired) electrons. The van der Waals surface area contributed by atoms with Crippen molar-refractivity contribution < 1.29 is 9.59 Å². The predicted molar refractivity (Wildman–Crippen MR) is 101 cm³/mol. The molecule has 0 saturated carbocycles. The number of piperidine rings is 1. The van der Waals surface area contributed by atoms with Gasteiger partial charge in [-0.3, -0.25) is 10.1 Å². The molecule has 0 spiro atoms. The van der Waals surface area contributed by atoms with Crippen LogP contribution in [-0.4, -0.2) is 29.9 Å². The van der Waals surface area contributed by atoms with E-state index in [4.69, 9.17) is 11.6 Å². The van der Waals surface area contributed by atoms with E-state index in [0.717, 1.165) is 10.6 Å². The van der Waals surface area contributed by atoms with Crippen LogP contribution in [0, 0.1) is 5.92 Å². The van der Waals surface area contributed by atoms with Gasteiger partial charge in [-0.25, -0.2) is 4.79 Å². The number of nitrogens with one attached hydrogen (secondary N) is 2. The number of halogens is 1. The van der Waals surface area contributed by atoms with Gasteiger partial charge in [0.1, 0.15) is 0 Å². The first-order valence-corrected chi connectivity index (χ1v) is 9.50. The van der Waals surface area contributed by atoms with Crippen LogP contribution in [0.3, 0.4) is 0 Å². The second kappa shape index (κ2) is 8.36. The average Bonchev–Trinajstić information content (AvgIpc) is 3.14. The maximum Gasteiger partial charge on any atom is 0.322 e. The molecule has 132 valence electrons. The molecule has 1 aliphatic heterocycles. The first kappa shape index (κ1) is 17.8. The van der Waals surface area contributed by atoms with E-state index in [9.17, 15) is 9.59 Å². The lowest BCUT2D eigenvalue weighted by Gasteiger charge is -2.31. The molecule has 3 rings (SSSR count). The smallest absolute Gasteiger partial charge is 0.322 e. The largest absolute Gasteiger partial charge is 0.352 e. The number of urea groups is 1. The summed E-state index contributed by atoms with van der Waals surface area (Å²) in [6, 6.07) is 11.2. The molecule has 0 atom stereocenters. The topological polar surface area (TPSA) is 61.4 Å². The van der Waals surface area contributed by atoms with Gasteiger partial charge in [0.2, 0.25) is 5.91 Å². The number of anilines is 1. The number of carbonyl (C=O) groups excluding carboxylic acids is 2. The number of nitrogens with zero attached hydrogens (tertiary/aromatic N) is 1. The summed E-state index contributed by atoms with van der Waals surface area (Å²) < 4.78 is 0. The highest BCUT2D eigenvalue weighted by molar-refractivity contribution is 7.14. The van der Waals surface area contributed by atoms with Crippen molar-refractivity contribution in [2.24, 2.45) is 5.92 Å². The van der Waals surface area contributed by atoms with Gasteiger partial charge in [0.05, 0.1) is 5.00 Å². The van der Waals surface area contributed by atoms with Gasteiger partial charge >= 0.3 is 6.03 Å². The zero-order valence-corrected chi connectivity index (χ0v) is 15.3. The Kier molecular flexibility index (Phi) is 5.94. The van der Waals surface area contributed by atoms with Crippen LogP contribution in [0.4, 0.5) is 9.80 Å². The molecule has 5 nitrogen and oxygen atoms in total. The van der Waals surface area contributed by atoms with Crippen molar-refractivity contribution in [3.8, 4) is 0 Å². The van der Waals surface area contributed by atoms with Crippen molar-refractivity contribution >= 4 is 39.9 Å². The van der Waals surface area contributed by atoms with Gasteiger partial charge in [-0.15, -0.1) is 11.3 Å². The van der Waals surface area contributed by atoms with Crippen molar-refractivity contribution in [2.45, 2.75) is 19.4 Å². The van der Waals surface area contributed by atoms with E-state index < -0.39 is 0 Å². The van der Waals surface area contributed by atoms with Crippen molar-refractivity contribution in [1.29, 1.82) is 0 Å². The molecule has 2 aromatic rings. The number of carbonyl (C=O) groups is 2. The van der Waals surface area contributed by atoms with Crippen molar-refractivity contribution in [3.05, 3.63) is 52.4 Å². The number of likely N-dealkylation sites (tertiary alicyclic amines) is 1. The summed E-state index contributed by atoms with van der Waals surface area (Å²) in [5, 5.41) is 9.24. The number of rotatable bonds is 4. The first-order valence-electron chi connectivity index (χ1n) is 8.24. The van der Waals surface area contributed by atoms with Crippen LogP contribution in [-0.2, 0) is 11.3 Å². The van der Waals surface area contributed by atoms with Crippen molar-refractivity contribution in [1.82, 2.24) is 10.2 Å². The fraction of sp³-hybridized carbons (Fsp3) is 0.333. The third-order valence-electron chi connectivity index (χ3n) is 4.32. The Morgan fingerprint density at radius 1 is 1.16 bits per heavy atom. The number of amides is 3. The Morgan fingerprint density at radius 3 is 2.60 bits per heavy atom. The summed E-state index contributed by atoms with van der Waals surface area (Å²) >= 11 is 7.60. The van der Waals surface area contributed by atoms with E-state index in [1.807, 2.05) is 41.8 Å². The third kappa shape index (κ3) is 4.74.